The van der Waals surface area contributed by atoms with Gasteiger partial charge in [0.25, 0.3) is 5.91 Å². The number of nitrogens with zero attached hydrogens (tertiary/aromatic N) is 3. The molecule has 2 aromatic carbocycles. The third-order valence-electron chi connectivity index (χ3n) is 5.34. The third-order valence-corrected chi connectivity index (χ3v) is 9.56. The number of carbonyl (C=O) groups is 2. The molecule has 202 valence electrons. The molecule has 0 unspecified atom stereocenters. The highest BCUT2D eigenvalue weighted by Gasteiger charge is 2.31. The Hall–Kier alpha value is -2.72. The summed E-state index contributed by atoms with van der Waals surface area (Å²) in [5, 5.41) is 12.7. The Morgan fingerprint density at radius 2 is 1.74 bits per heavy atom. The van der Waals surface area contributed by atoms with Crippen molar-refractivity contribution in [2.75, 3.05) is 29.5 Å². The number of halogens is 4. The van der Waals surface area contributed by atoms with Gasteiger partial charge in [-0.15, -0.1) is 10.2 Å². The third kappa shape index (κ3) is 6.83. The molecule has 0 atom stereocenters. The molecule has 1 saturated heterocycles. The zero-order valence-corrected chi connectivity index (χ0v) is 22.5. The molecule has 4 rings (SSSR count). The Bertz CT molecular complexity index is 1440. The number of aromatic nitrogens is 2. The Balaban J connectivity index is 1.31. The molecular weight excluding hydrogens is 587 g/mol. The molecule has 1 fully saturated rings. The van der Waals surface area contributed by atoms with Crippen molar-refractivity contribution in [3.8, 4) is 0 Å². The minimum Gasteiger partial charge on any atom is -0.324 e. The van der Waals surface area contributed by atoms with Gasteiger partial charge in [-0.1, -0.05) is 34.7 Å². The van der Waals surface area contributed by atoms with Gasteiger partial charge in [-0.25, -0.2) is 8.42 Å². The van der Waals surface area contributed by atoms with Crippen molar-refractivity contribution >= 4 is 67.4 Å². The highest BCUT2D eigenvalue weighted by molar-refractivity contribution is 8.01. The summed E-state index contributed by atoms with van der Waals surface area (Å²) < 4.78 is 65.7. The van der Waals surface area contributed by atoms with Crippen molar-refractivity contribution in [1.82, 2.24) is 14.5 Å². The fourth-order valence-corrected chi connectivity index (χ4v) is 6.68. The lowest BCUT2D eigenvalue weighted by Crippen LogP contribution is -2.27. The predicted octanol–water partition coefficient (Wildman–Crippen LogP) is 4.98. The molecule has 2 amide bonds. The highest BCUT2D eigenvalue weighted by atomic mass is 35.5. The van der Waals surface area contributed by atoms with Gasteiger partial charge in [0.05, 0.1) is 26.9 Å². The standard InChI is InChI=1S/C22H19ClF3N5O4S3/c23-16-8-5-14(22(24,25)26)11-17(16)27-18(32)12-36-21-30-29-20(37-21)28-19(33)13-3-6-15(7-4-13)38(34,35)31-9-1-2-10-31/h3-8,11H,1-2,9-10,12H2,(H,27,32)(H,28,29,33). The fourth-order valence-electron chi connectivity index (χ4n) is 3.45. The first-order valence-electron chi connectivity index (χ1n) is 11.0. The van der Waals surface area contributed by atoms with Crippen LogP contribution in [0.3, 0.4) is 0 Å². The van der Waals surface area contributed by atoms with Crippen molar-refractivity contribution in [2.24, 2.45) is 0 Å². The monoisotopic (exact) mass is 605 g/mol. The zero-order chi connectivity index (χ0) is 27.5. The van der Waals surface area contributed by atoms with E-state index in [1.54, 1.807) is 0 Å². The number of thioether (sulfide) groups is 1. The zero-order valence-electron chi connectivity index (χ0n) is 19.3. The number of nitrogens with one attached hydrogen (secondary N) is 2. The number of anilines is 2. The van der Waals surface area contributed by atoms with E-state index in [2.05, 4.69) is 20.8 Å². The van der Waals surface area contributed by atoms with Crippen LogP contribution in [0.4, 0.5) is 24.0 Å². The molecule has 9 nitrogen and oxygen atoms in total. The highest BCUT2D eigenvalue weighted by Crippen LogP contribution is 2.34. The molecule has 38 heavy (non-hydrogen) atoms. The van der Waals surface area contributed by atoms with E-state index in [4.69, 9.17) is 11.6 Å². The average Bonchev–Trinajstić information content (AvgIpc) is 3.56. The second-order valence-corrected chi connectivity index (χ2v) is 12.5. The summed E-state index contributed by atoms with van der Waals surface area (Å²) in [5.74, 6) is -1.33. The molecule has 16 heteroatoms. The van der Waals surface area contributed by atoms with Crippen molar-refractivity contribution in [1.29, 1.82) is 0 Å². The van der Waals surface area contributed by atoms with Crippen LogP contribution in [0, 0.1) is 0 Å². The van der Waals surface area contributed by atoms with Crippen molar-refractivity contribution in [3.63, 3.8) is 0 Å². The maximum absolute atomic E-state index is 12.9. The lowest BCUT2D eigenvalue weighted by atomic mass is 10.2. The van der Waals surface area contributed by atoms with E-state index in [0.29, 0.717) is 17.4 Å². The molecule has 1 aliphatic heterocycles. The number of carbonyl (C=O) groups excluding carboxylic acids is 2. The molecule has 1 aliphatic rings. The number of sulfonamides is 1. The Kier molecular flexibility index (Phi) is 8.62. The van der Waals surface area contributed by atoms with Gasteiger partial charge < -0.3 is 5.32 Å². The number of benzene rings is 2. The van der Waals surface area contributed by atoms with E-state index in [0.717, 1.165) is 54.1 Å². The molecular formula is C22H19ClF3N5O4S3. The second-order valence-electron chi connectivity index (χ2n) is 7.99. The minimum absolute atomic E-state index is 0.0426. The number of hydrogen-bond acceptors (Lipinski definition) is 8. The molecule has 0 spiro atoms. The van der Waals surface area contributed by atoms with E-state index >= 15 is 0 Å². The number of hydrogen-bond donors (Lipinski definition) is 2. The van der Waals surface area contributed by atoms with Gasteiger partial charge in [0.1, 0.15) is 0 Å². The topological polar surface area (TPSA) is 121 Å². The SMILES string of the molecule is O=C(CSc1nnc(NC(=O)c2ccc(S(=O)(=O)N3CCCC3)cc2)s1)Nc1cc(C(F)(F)F)ccc1Cl. The van der Waals surface area contributed by atoms with Crippen LogP contribution in [0.5, 0.6) is 0 Å². The van der Waals surface area contributed by atoms with E-state index in [1.807, 2.05) is 0 Å². The van der Waals surface area contributed by atoms with E-state index in [9.17, 15) is 31.2 Å². The van der Waals surface area contributed by atoms with Crippen LogP contribution in [0.2, 0.25) is 5.02 Å². The van der Waals surface area contributed by atoms with E-state index in [-0.39, 0.29) is 32.1 Å². The van der Waals surface area contributed by atoms with Crippen molar-refractivity contribution in [2.45, 2.75) is 28.3 Å². The molecule has 0 saturated carbocycles. The van der Waals surface area contributed by atoms with Gasteiger partial charge in [-0.3, -0.25) is 14.9 Å². The van der Waals surface area contributed by atoms with Crippen LogP contribution in [-0.4, -0.2) is 53.6 Å². The van der Waals surface area contributed by atoms with Crippen LogP contribution in [0.25, 0.3) is 0 Å². The maximum atomic E-state index is 12.9. The Morgan fingerprint density at radius 3 is 2.39 bits per heavy atom. The summed E-state index contributed by atoms with van der Waals surface area (Å²) in [4.78, 5) is 24.9. The average molecular weight is 606 g/mol. The first kappa shape index (κ1) is 28.3. The molecule has 0 radical (unpaired) electrons. The van der Waals surface area contributed by atoms with Crippen LogP contribution < -0.4 is 10.6 Å². The molecule has 0 aliphatic carbocycles. The van der Waals surface area contributed by atoms with Gasteiger partial charge in [-0.05, 0) is 55.3 Å². The number of amides is 2. The predicted molar refractivity (Wildman–Crippen MR) is 138 cm³/mol. The summed E-state index contributed by atoms with van der Waals surface area (Å²) in [6.45, 7) is 0.950. The number of alkyl halides is 3. The largest absolute Gasteiger partial charge is 0.416 e. The first-order chi connectivity index (χ1) is 17.9. The summed E-state index contributed by atoms with van der Waals surface area (Å²) >= 11 is 7.85. The normalized spacial score (nSPS) is 14.4. The fraction of sp³-hybridized carbons (Fsp3) is 0.273. The van der Waals surface area contributed by atoms with Crippen molar-refractivity contribution in [3.05, 3.63) is 58.6 Å². The summed E-state index contributed by atoms with van der Waals surface area (Å²) in [6, 6.07) is 8.16. The molecule has 0 bridgehead atoms. The summed E-state index contributed by atoms with van der Waals surface area (Å²) in [6.07, 6.45) is -2.95. The molecule has 2 N–H and O–H groups in total. The van der Waals surface area contributed by atoms with Crippen molar-refractivity contribution < 1.29 is 31.2 Å². The minimum atomic E-state index is -4.58. The molecule has 2 heterocycles. The lowest BCUT2D eigenvalue weighted by Gasteiger charge is -2.15. The van der Waals surface area contributed by atoms with E-state index in [1.165, 1.54) is 28.6 Å². The number of rotatable bonds is 8. The lowest BCUT2D eigenvalue weighted by molar-refractivity contribution is -0.137. The molecule has 1 aromatic heterocycles. The van der Waals surface area contributed by atoms with Gasteiger partial charge in [0, 0.05) is 18.7 Å². The smallest absolute Gasteiger partial charge is 0.324 e. The molecule has 3 aromatic rings. The first-order valence-corrected chi connectivity index (χ1v) is 14.6. The maximum Gasteiger partial charge on any atom is 0.416 e. The van der Waals surface area contributed by atoms with Gasteiger partial charge >= 0.3 is 6.18 Å². The van der Waals surface area contributed by atoms with Crippen LogP contribution in [0.1, 0.15) is 28.8 Å². The Morgan fingerprint density at radius 1 is 1.05 bits per heavy atom. The summed E-state index contributed by atoms with van der Waals surface area (Å²) in [5.41, 5.74) is -0.902. The quantitative estimate of drug-likeness (QED) is 0.274. The second kappa shape index (κ2) is 11.6. The van der Waals surface area contributed by atoms with Gasteiger partial charge in [0.15, 0.2) is 4.34 Å². The van der Waals surface area contributed by atoms with Gasteiger partial charge in [-0.2, -0.15) is 17.5 Å². The van der Waals surface area contributed by atoms with Crippen LogP contribution in [0.15, 0.2) is 51.7 Å². The van der Waals surface area contributed by atoms with Crippen LogP contribution in [-0.2, 0) is 21.0 Å². The Labute approximate surface area is 228 Å². The van der Waals surface area contributed by atoms with Crippen LogP contribution >= 0.6 is 34.7 Å². The van der Waals surface area contributed by atoms with Gasteiger partial charge in [0.2, 0.25) is 21.1 Å². The summed E-state index contributed by atoms with van der Waals surface area (Å²) in [7, 11) is -3.59. The van der Waals surface area contributed by atoms with E-state index < -0.39 is 33.6 Å².